The lowest BCUT2D eigenvalue weighted by Crippen LogP contribution is -2.38. The van der Waals surface area contributed by atoms with Crippen molar-refractivity contribution in [2.24, 2.45) is 11.1 Å². The SMILES string of the molecule is C=C/C=C(\C=N/OCC)C(=O)NC1CC(C(C)=O)=CC=C1C.CCCC(CCC(C)CC)c1ccc(C#N)cc1. The first kappa shape index (κ1) is 34.3. The minimum atomic E-state index is -0.286. The first-order valence-electron chi connectivity index (χ1n) is 14.4. The first-order chi connectivity index (χ1) is 19.2. The van der Waals surface area contributed by atoms with Crippen molar-refractivity contribution in [2.45, 2.75) is 92.0 Å². The van der Waals surface area contributed by atoms with E-state index >= 15 is 0 Å². The van der Waals surface area contributed by atoms with Crippen LogP contribution in [-0.2, 0) is 14.4 Å². The van der Waals surface area contributed by atoms with Crippen LogP contribution in [0.3, 0.4) is 0 Å². The first-order valence-corrected chi connectivity index (χ1v) is 14.4. The van der Waals surface area contributed by atoms with Gasteiger partial charge in [0.2, 0.25) is 0 Å². The van der Waals surface area contributed by atoms with Crippen molar-refractivity contribution in [2.75, 3.05) is 6.61 Å². The highest BCUT2D eigenvalue weighted by Crippen LogP contribution is 2.29. The number of allylic oxidation sites excluding steroid dienone is 4. The predicted molar refractivity (Wildman–Crippen MR) is 165 cm³/mol. The average molecular weight is 546 g/mol. The Balaban J connectivity index is 0.000000408. The quantitative estimate of drug-likeness (QED) is 0.112. The van der Waals surface area contributed by atoms with Crippen LogP contribution in [0.1, 0.15) is 97.1 Å². The number of benzene rings is 1. The molecule has 6 heteroatoms. The molecule has 3 unspecified atom stereocenters. The van der Waals surface area contributed by atoms with E-state index < -0.39 is 0 Å². The number of hydrogen-bond donors (Lipinski definition) is 1. The van der Waals surface area contributed by atoms with Crippen molar-refractivity contribution in [3.05, 3.63) is 83.0 Å². The summed E-state index contributed by atoms with van der Waals surface area (Å²) < 4.78 is 0. The molecular weight excluding hydrogens is 498 g/mol. The van der Waals surface area contributed by atoms with Gasteiger partial charge in [0.25, 0.3) is 5.91 Å². The summed E-state index contributed by atoms with van der Waals surface area (Å²) in [5.41, 5.74) is 4.21. The van der Waals surface area contributed by atoms with E-state index in [1.165, 1.54) is 56.9 Å². The lowest BCUT2D eigenvalue weighted by molar-refractivity contribution is -0.118. The van der Waals surface area contributed by atoms with Crippen molar-refractivity contribution < 1.29 is 14.4 Å². The third-order valence-corrected chi connectivity index (χ3v) is 7.09. The number of Topliss-reactive ketones (excluding diaryl/α,β-unsaturated/α-hetero) is 1. The maximum Gasteiger partial charge on any atom is 0.253 e. The van der Waals surface area contributed by atoms with Gasteiger partial charge in [0, 0.05) is 6.42 Å². The van der Waals surface area contributed by atoms with E-state index in [-0.39, 0.29) is 17.7 Å². The zero-order chi connectivity index (χ0) is 29.9. The fourth-order valence-electron chi connectivity index (χ4n) is 4.28. The maximum absolute atomic E-state index is 12.3. The Morgan fingerprint density at radius 2 is 1.88 bits per heavy atom. The Morgan fingerprint density at radius 3 is 2.42 bits per heavy atom. The van der Waals surface area contributed by atoms with Crippen molar-refractivity contribution in [3.8, 4) is 6.07 Å². The third kappa shape index (κ3) is 12.4. The molecule has 0 aromatic heterocycles. The van der Waals surface area contributed by atoms with Crippen LogP contribution >= 0.6 is 0 Å². The van der Waals surface area contributed by atoms with Gasteiger partial charge in [0.05, 0.1) is 29.5 Å². The summed E-state index contributed by atoms with van der Waals surface area (Å²) in [5.74, 6) is 1.22. The molecule has 2 rings (SSSR count). The molecule has 1 aromatic rings. The smallest absolute Gasteiger partial charge is 0.253 e. The summed E-state index contributed by atoms with van der Waals surface area (Å²) in [6, 6.07) is 10.1. The van der Waals surface area contributed by atoms with Crippen molar-refractivity contribution in [1.82, 2.24) is 5.32 Å². The molecule has 1 aromatic carbocycles. The number of hydrogen-bond acceptors (Lipinski definition) is 5. The lowest BCUT2D eigenvalue weighted by atomic mass is 9.87. The van der Waals surface area contributed by atoms with Crippen LogP contribution in [0.5, 0.6) is 0 Å². The number of amides is 1. The Kier molecular flexibility index (Phi) is 16.6. The van der Waals surface area contributed by atoms with Gasteiger partial charge < -0.3 is 10.2 Å². The van der Waals surface area contributed by atoms with Gasteiger partial charge in [0.15, 0.2) is 5.78 Å². The van der Waals surface area contributed by atoms with Gasteiger partial charge in [0.1, 0.15) is 6.61 Å². The Morgan fingerprint density at radius 1 is 1.18 bits per heavy atom. The summed E-state index contributed by atoms with van der Waals surface area (Å²) in [4.78, 5) is 28.7. The second kappa shape index (κ2) is 19.4. The highest BCUT2D eigenvalue weighted by atomic mass is 16.6. The van der Waals surface area contributed by atoms with Gasteiger partial charge in [-0.2, -0.15) is 5.26 Å². The molecule has 1 N–H and O–H groups in total. The fraction of sp³-hybridized carbons (Fsp3) is 0.471. The summed E-state index contributed by atoms with van der Waals surface area (Å²) in [7, 11) is 0. The molecule has 1 amide bonds. The molecule has 0 aliphatic heterocycles. The molecule has 40 heavy (non-hydrogen) atoms. The van der Waals surface area contributed by atoms with E-state index in [1.54, 1.807) is 19.1 Å². The molecule has 0 spiro atoms. The highest BCUT2D eigenvalue weighted by molar-refractivity contribution is 6.12. The second-order valence-electron chi connectivity index (χ2n) is 10.2. The van der Waals surface area contributed by atoms with Crippen LogP contribution in [0.25, 0.3) is 0 Å². The zero-order valence-corrected chi connectivity index (χ0v) is 25.2. The van der Waals surface area contributed by atoms with Crippen molar-refractivity contribution in [3.63, 3.8) is 0 Å². The van der Waals surface area contributed by atoms with Gasteiger partial charge in [-0.25, -0.2) is 0 Å². The van der Waals surface area contributed by atoms with Crippen LogP contribution < -0.4 is 5.32 Å². The Bertz CT molecular complexity index is 1120. The summed E-state index contributed by atoms with van der Waals surface area (Å²) in [6.45, 7) is 16.1. The number of carbonyl (C=O) groups excluding carboxylic acids is 2. The molecule has 0 radical (unpaired) electrons. The topological polar surface area (TPSA) is 91.5 Å². The molecule has 1 aliphatic carbocycles. The van der Waals surface area contributed by atoms with E-state index in [2.05, 4.69) is 56.0 Å². The highest BCUT2D eigenvalue weighted by Gasteiger charge is 2.21. The standard InChI is InChI=1S/C17H22N2O3.C17H25N/c1-5-7-15(11-18-22-6-2)17(21)19-16-10-14(13(4)20)9-8-12(16)3;1-4-6-16(10-7-14(3)5-2)17-11-8-15(13-18)9-12-17/h5,7-9,11,16H,1,6,10H2,2-4H3,(H,19,21);8-9,11-12,14,16H,4-7,10H2,1-3H3/b15-7+,18-11-;. The number of rotatable bonds is 14. The van der Waals surface area contributed by atoms with E-state index in [0.29, 0.717) is 30.1 Å². The van der Waals surface area contributed by atoms with Crippen LogP contribution in [0.15, 0.2) is 77.0 Å². The monoisotopic (exact) mass is 545 g/mol. The van der Waals surface area contributed by atoms with E-state index in [4.69, 9.17) is 10.1 Å². The largest absolute Gasteiger partial charge is 0.396 e. The molecular formula is C34H47N3O3. The van der Waals surface area contributed by atoms with Gasteiger partial charge in [-0.05, 0) is 74.8 Å². The van der Waals surface area contributed by atoms with Gasteiger partial charge in [-0.15, -0.1) is 0 Å². The number of nitrogens with one attached hydrogen (secondary N) is 1. The Labute approximate surface area is 241 Å². The van der Waals surface area contributed by atoms with E-state index in [1.807, 2.05) is 25.1 Å². The number of nitrogens with zero attached hydrogens (tertiary/aromatic N) is 2. The number of ketones is 1. The summed E-state index contributed by atoms with van der Waals surface area (Å²) in [6.07, 6.45) is 14.9. The molecule has 1 aliphatic rings. The predicted octanol–water partition coefficient (Wildman–Crippen LogP) is 7.74. The molecule has 6 nitrogen and oxygen atoms in total. The van der Waals surface area contributed by atoms with Crippen molar-refractivity contribution >= 4 is 17.9 Å². The minimum absolute atomic E-state index is 0.0164. The molecule has 0 bridgehead atoms. The molecule has 216 valence electrons. The second-order valence-corrected chi connectivity index (χ2v) is 10.2. The Hall–Kier alpha value is -3.72. The average Bonchev–Trinajstić information content (AvgIpc) is 2.96. The van der Waals surface area contributed by atoms with Crippen LogP contribution in [0.2, 0.25) is 0 Å². The molecule has 3 atom stereocenters. The molecule has 0 saturated heterocycles. The fourth-order valence-corrected chi connectivity index (χ4v) is 4.28. The maximum atomic E-state index is 12.3. The van der Waals surface area contributed by atoms with Crippen LogP contribution in [0.4, 0.5) is 0 Å². The van der Waals surface area contributed by atoms with Crippen LogP contribution in [0, 0.1) is 17.2 Å². The molecule has 0 heterocycles. The van der Waals surface area contributed by atoms with Gasteiger partial charge in [-0.1, -0.05) is 87.7 Å². The normalized spacial score (nSPS) is 16.4. The third-order valence-electron chi connectivity index (χ3n) is 7.09. The zero-order valence-electron chi connectivity index (χ0n) is 25.2. The minimum Gasteiger partial charge on any atom is -0.396 e. The number of carbonyl (C=O) groups is 2. The molecule has 0 fully saturated rings. The summed E-state index contributed by atoms with van der Waals surface area (Å²) in [5, 5.41) is 15.4. The number of oxime groups is 1. The lowest BCUT2D eigenvalue weighted by Gasteiger charge is -2.23. The van der Waals surface area contributed by atoms with Gasteiger partial charge >= 0.3 is 0 Å². The van der Waals surface area contributed by atoms with Gasteiger partial charge in [-0.3, -0.25) is 9.59 Å². The van der Waals surface area contributed by atoms with Crippen LogP contribution in [-0.4, -0.2) is 30.6 Å². The van der Waals surface area contributed by atoms with Crippen molar-refractivity contribution in [1.29, 1.82) is 5.26 Å². The number of nitriles is 1. The summed E-state index contributed by atoms with van der Waals surface area (Å²) >= 11 is 0. The molecule has 0 saturated carbocycles. The van der Waals surface area contributed by atoms with E-state index in [0.717, 1.165) is 17.1 Å². The van der Waals surface area contributed by atoms with E-state index in [9.17, 15) is 9.59 Å².